The van der Waals surface area contributed by atoms with Gasteiger partial charge >= 0.3 is 0 Å². The van der Waals surface area contributed by atoms with E-state index < -0.39 is 0 Å². The van der Waals surface area contributed by atoms with Crippen molar-refractivity contribution in [2.75, 3.05) is 13.2 Å². The van der Waals surface area contributed by atoms with Gasteiger partial charge in [-0.25, -0.2) is 0 Å². The summed E-state index contributed by atoms with van der Waals surface area (Å²) in [5.74, 6) is 1.46. The molecule has 1 aliphatic rings. The molecule has 3 rings (SSSR count). The minimum Gasteiger partial charge on any atom is -0.493 e. The first kappa shape index (κ1) is 15.1. The second-order valence-electron chi connectivity index (χ2n) is 6.02. The number of hydrogen-bond donors (Lipinski definition) is 0. The molecule has 2 aromatic rings. The summed E-state index contributed by atoms with van der Waals surface area (Å²) < 4.78 is 5.85. The van der Waals surface area contributed by atoms with E-state index in [1.807, 2.05) is 40.6 Å². The van der Waals surface area contributed by atoms with Crippen molar-refractivity contribution < 1.29 is 9.53 Å². The predicted octanol–water partition coefficient (Wildman–Crippen LogP) is 3.85. The molecule has 0 unspecified atom stereocenters. The highest BCUT2D eigenvalue weighted by molar-refractivity contribution is 7.12. The molecule has 0 spiro atoms. The third-order valence-corrected chi connectivity index (χ3v) is 4.88. The lowest BCUT2D eigenvalue weighted by atomic mass is 9.96. The average molecular weight is 315 g/mol. The van der Waals surface area contributed by atoms with E-state index in [-0.39, 0.29) is 11.9 Å². The average Bonchev–Trinajstić information content (AvgIpc) is 3.06. The van der Waals surface area contributed by atoms with Crippen LogP contribution in [-0.4, -0.2) is 30.0 Å². The summed E-state index contributed by atoms with van der Waals surface area (Å²) >= 11 is 1.50. The number of benzene rings is 1. The van der Waals surface area contributed by atoms with Crippen molar-refractivity contribution in [1.82, 2.24) is 4.90 Å². The highest BCUT2D eigenvalue weighted by Crippen LogP contribution is 2.28. The predicted molar refractivity (Wildman–Crippen MR) is 89.6 cm³/mol. The first-order valence-electron chi connectivity index (χ1n) is 7.70. The summed E-state index contributed by atoms with van der Waals surface area (Å²) in [6.07, 6.45) is 0.969. The molecule has 2 heterocycles. The maximum Gasteiger partial charge on any atom is 0.264 e. The molecule has 0 radical (unpaired) electrons. The van der Waals surface area contributed by atoms with E-state index in [0.717, 1.165) is 23.6 Å². The fourth-order valence-corrected chi connectivity index (χ4v) is 3.54. The van der Waals surface area contributed by atoms with Gasteiger partial charge in [-0.1, -0.05) is 24.3 Å². The van der Waals surface area contributed by atoms with E-state index >= 15 is 0 Å². The number of rotatable bonds is 4. The van der Waals surface area contributed by atoms with Crippen LogP contribution in [0.1, 0.15) is 29.1 Å². The highest BCUT2D eigenvalue weighted by atomic mass is 32.1. The van der Waals surface area contributed by atoms with E-state index in [2.05, 4.69) is 19.9 Å². The molecule has 0 bridgehead atoms. The van der Waals surface area contributed by atoms with Crippen LogP contribution in [0, 0.1) is 5.92 Å². The molecule has 1 aromatic carbocycles. The van der Waals surface area contributed by atoms with Crippen LogP contribution >= 0.6 is 11.3 Å². The van der Waals surface area contributed by atoms with Gasteiger partial charge in [0, 0.05) is 18.5 Å². The van der Waals surface area contributed by atoms with Gasteiger partial charge in [-0.3, -0.25) is 4.79 Å². The van der Waals surface area contributed by atoms with Crippen molar-refractivity contribution in [2.24, 2.45) is 5.92 Å². The fraction of sp³-hybridized carbons (Fsp3) is 0.389. The molecule has 4 heteroatoms. The molecule has 116 valence electrons. The Morgan fingerprint density at radius 3 is 2.86 bits per heavy atom. The number of carbonyl (C=O) groups is 1. The van der Waals surface area contributed by atoms with Crippen LogP contribution in [0.2, 0.25) is 0 Å². The monoisotopic (exact) mass is 315 g/mol. The summed E-state index contributed by atoms with van der Waals surface area (Å²) in [7, 11) is 0. The van der Waals surface area contributed by atoms with E-state index in [9.17, 15) is 4.79 Å². The maximum absolute atomic E-state index is 12.7. The number of nitrogens with zero attached hydrogens (tertiary/aromatic N) is 1. The van der Waals surface area contributed by atoms with Gasteiger partial charge in [0.05, 0.1) is 11.5 Å². The highest BCUT2D eigenvalue weighted by Gasteiger charge is 2.26. The Kier molecular flexibility index (Phi) is 4.48. The molecule has 1 aromatic heterocycles. The first-order valence-corrected chi connectivity index (χ1v) is 8.58. The van der Waals surface area contributed by atoms with Crippen LogP contribution in [0.4, 0.5) is 0 Å². The lowest BCUT2D eigenvalue weighted by molar-refractivity contribution is 0.0641. The summed E-state index contributed by atoms with van der Waals surface area (Å²) in [6, 6.07) is 12.2. The van der Waals surface area contributed by atoms with Crippen LogP contribution in [-0.2, 0) is 6.42 Å². The second-order valence-corrected chi connectivity index (χ2v) is 6.97. The third kappa shape index (κ3) is 3.17. The van der Waals surface area contributed by atoms with Crippen molar-refractivity contribution in [2.45, 2.75) is 26.3 Å². The molecule has 1 atom stereocenters. The Balaban J connectivity index is 1.71. The summed E-state index contributed by atoms with van der Waals surface area (Å²) in [4.78, 5) is 15.4. The smallest absolute Gasteiger partial charge is 0.264 e. The number of amides is 1. The van der Waals surface area contributed by atoms with Gasteiger partial charge in [0.25, 0.3) is 5.91 Å². The minimum atomic E-state index is 0.129. The van der Waals surface area contributed by atoms with Gasteiger partial charge in [-0.05, 0) is 43.3 Å². The van der Waals surface area contributed by atoms with Gasteiger partial charge < -0.3 is 9.64 Å². The minimum absolute atomic E-state index is 0.129. The third-order valence-electron chi connectivity index (χ3n) is 4.03. The van der Waals surface area contributed by atoms with Crippen LogP contribution in [0.15, 0.2) is 41.8 Å². The topological polar surface area (TPSA) is 29.5 Å². The van der Waals surface area contributed by atoms with Crippen molar-refractivity contribution in [3.05, 3.63) is 52.2 Å². The summed E-state index contributed by atoms with van der Waals surface area (Å²) in [5, 5.41) is 1.95. The number of para-hydroxylation sites is 1. The Morgan fingerprint density at radius 1 is 1.32 bits per heavy atom. The zero-order valence-electron chi connectivity index (χ0n) is 13.0. The Morgan fingerprint density at radius 2 is 2.14 bits per heavy atom. The van der Waals surface area contributed by atoms with E-state index in [1.165, 1.54) is 16.9 Å². The molecule has 0 N–H and O–H groups in total. The number of fused-ring (bicyclic) bond motifs is 1. The molecule has 3 nitrogen and oxygen atoms in total. The fourth-order valence-electron chi connectivity index (χ4n) is 2.86. The number of carbonyl (C=O) groups excluding carboxylic acids is 1. The van der Waals surface area contributed by atoms with E-state index in [4.69, 9.17) is 4.74 Å². The molecule has 0 saturated heterocycles. The summed E-state index contributed by atoms with van der Waals surface area (Å²) in [6.45, 7) is 5.56. The van der Waals surface area contributed by atoms with Gasteiger partial charge in [0.15, 0.2) is 0 Å². The Hall–Kier alpha value is -1.81. The molecule has 1 aliphatic heterocycles. The zero-order chi connectivity index (χ0) is 15.5. The van der Waals surface area contributed by atoms with Crippen molar-refractivity contribution >= 4 is 17.2 Å². The van der Waals surface area contributed by atoms with Gasteiger partial charge in [0.1, 0.15) is 5.75 Å². The molecule has 22 heavy (non-hydrogen) atoms. The second kappa shape index (κ2) is 6.53. The molecule has 0 aliphatic carbocycles. The van der Waals surface area contributed by atoms with Crippen molar-refractivity contribution in [3.63, 3.8) is 0 Å². The zero-order valence-corrected chi connectivity index (χ0v) is 13.8. The molecule has 0 fully saturated rings. The molecule has 1 amide bonds. The largest absolute Gasteiger partial charge is 0.493 e. The normalized spacial score (nSPS) is 17.0. The first-order chi connectivity index (χ1) is 10.6. The number of thiophene rings is 1. The van der Waals surface area contributed by atoms with E-state index in [0.29, 0.717) is 12.5 Å². The van der Waals surface area contributed by atoms with Crippen LogP contribution in [0.3, 0.4) is 0 Å². The van der Waals surface area contributed by atoms with Gasteiger partial charge in [-0.2, -0.15) is 0 Å². The molecular formula is C18H21NO2S. The quantitative estimate of drug-likeness (QED) is 0.857. The van der Waals surface area contributed by atoms with Crippen LogP contribution in [0.25, 0.3) is 0 Å². The van der Waals surface area contributed by atoms with Gasteiger partial charge in [0.2, 0.25) is 0 Å². The van der Waals surface area contributed by atoms with Crippen molar-refractivity contribution in [3.8, 4) is 5.75 Å². The van der Waals surface area contributed by atoms with E-state index in [1.54, 1.807) is 0 Å². The molecule has 0 saturated carbocycles. The maximum atomic E-state index is 12.7. The number of ether oxygens (including phenoxy) is 1. The summed E-state index contributed by atoms with van der Waals surface area (Å²) in [5.41, 5.74) is 1.24. The Labute approximate surface area is 135 Å². The van der Waals surface area contributed by atoms with Crippen LogP contribution < -0.4 is 4.74 Å². The van der Waals surface area contributed by atoms with Crippen molar-refractivity contribution in [1.29, 1.82) is 0 Å². The SMILES string of the molecule is CC(C)N(C[C@@H]1COc2ccccc2C1)C(=O)c1cccs1. The Bertz CT molecular complexity index is 636. The van der Waals surface area contributed by atoms with Gasteiger partial charge in [-0.15, -0.1) is 11.3 Å². The molecular weight excluding hydrogens is 294 g/mol. The van der Waals surface area contributed by atoms with Crippen LogP contribution in [0.5, 0.6) is 5.75 Å². The standard InChI is InChI=1S/C18H21NO2S/c1-13(2)19(18(20)17-8-5-9-22-17)11-14-10-15-6-3-4-7-16(15)21-12-14/h3-9,13-14H,10-12H2,1-2H3/t14-/m1/s1. The lowest BCUT2D eigenvalue weighted by Crippen LogP contribution is -2.42. The lowest BCUT2D eigenvalue weighted by Gasteiger charge is -2.33. The number of hydrogen-bond acceptors (Lipinski definition) is 3.